The lowest BCUT2D eigenvalue weighted by atomic mass is 10.1. The molecule has 2 N–H and O–H groups in total. The maximum atomic E-state index is 5.64. The van der Waals surface area contributed by atoms with E-state index in [2.05, 4.69) is 51.5 Å². The van der Waals surface area contributed by atoms with E-state index in [1.165, 1.54) is 37.8 Å². The van der Waals surface area contributed by atoms with Crippen molar-refractivity contribution in [2.45, 2.75) is 52.1 Å². The van der Waals surface area contributed by atoms with Crippen LogP contribution in [0.15, 0.2) is 39.9 Å². The number of nitrogens with zero attached hydrogens (tertiary/aromatic N) is 3. The summed E-state index contributed by atoms with van der Waals surface area (Å²) < 4.78 is 5.64. The van der Waals surface area contributed by atoms with Gasteiger partial charge in [-0.25, -0.2) is 9.98 Å². The molecule has 1 aromatic heterocycles. The molecule has 1 heterocycles. The molecule has 156 valence electrons. The van der Waals surface area contributed by atoms with E-state index in [9.17, 15) is 0 Å². The molecule has 2 saturated carbocycles. The molecule has 0 atom stereocenters. The van der Waals surface area contributed by atoms with Crippen LogP contribution in [0, 0.1) is 12.8 Å². The van der Waals surface area contributed by atoms with Gasteiger partial charge in [0.05, 0.1) is 6.54 Å². The minimum atomic E-state index is 0.499. The van der Waals surface area contributed by atoms with Gasteiger partial charge < -0.3 is 15.1 Å². The molecule has 0 aliphatic heterocycles. The van der Waals surface area contributed by atoms with Crippen LogP contribution in [0.4, 0.5) is 0 Å². The number of rotatable bonds is 10. The third-order valence-corrected chi connectivity index (χ3v) is 5.54. The summed E-state index contributed by atoms with van der Waals surface area (Å²) in [6, 6.07) is 9.03. The Kier molecular flexibility index (Phi) is 6.49. The Morgan fingerprint density at radius 1 is 1.17 bits per heavy atom. The Morgan fingerprint density at radius 2 is 1.97 bits per heavy atom. The summed E-state index contributed by atoms with van der Waals surface area (Å²) >= 11 is 0. The Balaban J connectivity index is 1.29. The lowest BCUT2D eigenvalue weighted by Gasteiger charge is -2.22. The fourth-order valence-corrected chi connectivity index (χ4v) is 3.52. The zero-order valence-corrected chi connectivity index (χ0v) is 17.7. The topological polar surface area (TPSA) is 65.7 Å². The Bertz CT molecular complexity index is 805. The van der Waals surface area contributed by atoms with Crippen LogP contribution in [-0.4, -0.2) is 48.1 Å². The summed E-state index contributed by atoms with van der Waals surface area (Å²) in [6.45, 7) is 8.79. The Morgan fingerprint density at radius 3 is 2.66 bits per heavy atom. The number of aryl methyl sites for hydroxylation is 1. The number of guanidine groups is 1. The van der Waals surface area contributed by atoms with Gasteiger partial charge in [-0.1, -0.05) is 17.7 Å². The smallest absolute Gasteiger partial charge is 0.226 e. The third-order valence-electron chi connectivity index (χ3n) is 5.54. The second-order valence-corrected chi connectivity index (χ2v) is 8.30. The van der Waals surface area contributed by atoms with Gasteiger partial charge in [0.25, 0.3) is 0 Å². The lowest BCUT2D eigenvalue weighted by Crippen LogP contribution is -2.42. The van der Waals surface area contributed by atoms with Crippen LogP contribution < -0.4 is 10.6 Å². The molecule has 2 fully saturated rings. The number of aliphatic imine (C=N–C) groups is 1. The Labute approximate surface area is 173 Å². The van der Waals surface area contributed by atoms with E-state index in [0.717, 1.165) is 48.8 Å². The normalized spacial score (nSPS) is 17.0. The van der Waals surface area contributed by atoms with Gasteiger partial charge in [-0.15, -0.1) is 0 Å². The van der Waals surface area contributed by atoms with Crippen molar-refractivity contribution in [2.24, 2.45) is 10.9 Å². The van der Waals surface area contributed by atoms with Gasteiger partial charge in [0.2, 0.25) is 5.89 Å². The fraction of sp³-hybridized carbons (Fsp3) is 0.565. The van der Waals surface area contributed by atoms with Gasteiger partial charge in [-0.2, -0.15) is 0 Å². The zero-order valence-electron chi connectivity index (χ0n) is 17.7. The minimum absolute atomic E-state index is 0.499. The molecule has 2 aliphatic rings. The summed E-state index contributed by atoms with van der Waals surface area (Å²) in [5, 5.41) is 6.81. The van der Waals surface area contributed by atoms with Gasteiger partial charge in [-0.3, -0.25) is 4.90 Å². The number of oxazole rings is 1. The van der Waals surface area contributed by atoms with E-state index in [0.29, 0.717) is 12.4 Å². The molecule has 0 spiro atoms. The summed E-state index contributed by atoms with van der Waals surface area (Å²) in [4.78, 5) is 11.9. The molecule has 0 saturated heterocycles. The summed E-state index contributed by atoms with van der Waals surface area (Å²) in [7, 11) is 0. The highest BCUT2D eigenvalue weighted by Gasteiger charge is 2.33. The molecule has 1 aromatic carbocycles. The highest BCUT2D eigenvalue weighted by Crippen LogP contribution is 2.34. The number of hydrogen-bond donors (Lipinski definition) is 2. The molecule has 0 radical (unpaired) electrons. The van der Waals surface area contributed by atoms with Crippen molar-refractivity contribution in [2.75, 3.05) is 26.2 Å². The number of aromatic nitrogens is 1. The van der Waals surface area contributed by atoms with Crippen molar-refractivity contribution >= 4 is 5.96 Å². The second-order valence-electron chi connectivity index (χ2n) is 8.30. The number of hydrogen-bond acceptors (Lipinski definition) is 4. The van der Waals surface area contributed by atoms with E-state index < -0.39 is 0 Å². The van der Waals surface area contributed by atoms with Crippen LogP contribution in [0.2, 0.25) is 0 Å². The van der Waals surface area contributed by atoms with Crippen molar-refractivity contribution in [3.05, 3.63) is 41.8 Å². The first kappa shape index (κ1) is 20.0. The van der Waals surface area contributed by atoms with Crippen molar-refractivity contribution < 1.29 is 4.42 Å². The maximum absolute atomic E-state index is 5.64. The van der Waals surface area contributed by atoms with E-state index in [-0.39, 0.29) is 0 Å². The van der Waals surface area contributed by atoms with Crippen molar-refractivity contribution in [1.29, 1.82) is 0 Å². The minimum Gasteiger partial charge on any atom is -0.444 e. The number of nitrogens with one attached hydrogen (secondary N) is 2. The molecular formula is C23H33N5O. The highest BCUT2D eigenvalue weighted by molar-refractivity contribution is 5.79. The largest absolute Gasteiger partial charge is 0.444 e. The molecule has 29 heavy (non-hydrogen) atoms. The van der Waals surface area contributed by atoms with Gasteiger partial charge >= 0.3 is 0 Å². The lowest BCUT2D eigenvalue weighted by molar-refractivity contribution is 0.256. The van der Waals surface area contributed by atoms with Crippen LogP contribution in [-0.2, 0) is 6.54 Å². The van der Waals surface area contributed by atoms with Crippen LogP contribution in [0.25, 0.3) is 11.5 Å². The first-order chi connectivity index (χ1) is 14.2. The van der Waals surface area contributed by atoms with Crippen LogP contribution in [0.5, 0.6) is 0 Å². The highest BCUT2D eigenvalue weighted by atomic mass is 16.3. The molecule has 4 rings (SSSR count). The first-order valence-corrected chi connectivity index (χ1v) is 11.0. The second kappa shape index (κ2) is 9.44. The van der Waals surface area contributed by atoms with E-state index in [1.54, 1.807) is 6.26 Å². The van der Waals surface area contributed by atoms with Gasteiger partial charge in [-0.05, 0) is 57.6 Å². The average Bonchev–Trinajstić information content (AvgIpc) is 3.65. The molecule has 2 aliphatic carbocycles. The summed E-state index contributed by atoms with van der Waals surface area (Å²) in [6.07, 6.45) is 7.28. The third kappa shape index (κ3) is 6.07. The Hall–Kier alpha value is -2.34. The molecular weight excluding hydrogens is 362 g/mol. The molecule has 0 unspecified atom stereocenters. The predicted octanol–water partition coefficient (Wildman–Crippen LogP) is 3.58. The van der Waals surface area contributed by atoms with Crippen LogP contribution in [0.1, 0.15) is 43.9 Å². The van der Waals surface area contributed by atoms with Crippen molar-refractivity contribution in [3.8, 4) is 11.5 Å². The monoisotopic (exact) mass is 395 g/mol. The molecule has 6 heteroatoms. The standard InChI is InChI=1S/C23H33N5O/c1-3-24-23(25-12-13-28(21-10-11-21)15-18-6-7-18)26-14-20-16-29-22(27-20)19-8-4-17(2)5-9-19/h4-5,8-9,16,18,21H,3,6-7,10-15H2,1-2H3,(H2,24,25,26). The SMILES string of the molecule is CCNC(=NCc1coc(-c2ccc(C)cc2)n1)NCCN(CC1CC1)C1CC1. The van der Waals surface area contributed by atoms with E-state index in [4.69, 9.17) is 4.42 Å². The quantitative estimate of drug-likeness (QED) is 0.475. The predicted molar refractivity (Wildman–Crippen MR) is 117 cm³/mol. The van der Waals surface area contributed by atoms with E-state index in [1.807, 2.05) is 12.1 Å². The van der Waals surface area contributed by atoms with Crippen molar-refractivity contribution in [1.82, 2.24) is 20.5 Å². The molecule has 0 amide bonds. The first-order valence-electron chi connectivity index (χ1n) is 11.0. The van der Waals surface area contributed by atoms with Gasteiger partial charge in [0, 0.05) is 37.8 Å². The summed E-state index contributed by atoms with van der Waals surface area (Å²) in [5.74, 6) is 2.44. The molecule has 6 nitrogen and oxygen atoms in total. The number of benzene rings is 1. The van der Waals surface area contributed by atoms with E-state index >= 15 is 0 Å². The van der Waals surface area contributed by atoms with Crippen molar-refractivity contribution in [3.63, 3.8) is 0 Å². The fourth-order valence-electron chi connectivity index (χ4n) is 3.52. The van der Waals surface area contributed by atoms with Crippen LogP contribution >= 0.6 is 0 Å². The average molecular weight is 396 g/mol. The van der Waals surface area contributed by atoms with Gasteiger partial charge in [0.1, 0.15) is 12.0 Å². The maximum Gasteiger partial charge on any atom is 0.226 e. The summed E-state index contributed by atoms with van der Waals surface area (Å²) in [5.41, 5.74) is 3.06. The molecule has 0 bridgehead atoms. The van der Waals surface area contributed by atoms with Gasteiger partial charge in [0.15, 0.2) is 5.96 Å². The van der Waals surface area contributed by atoms with Crippen LogP contribution in [0.3, 0.4) is 0 Å². The molecule has 2 aromatic rings. The zero-order chi connectivity index (χ0) is 20.1.